The molecular formula is C16H32O12. The van der Waals surface area contributed by atoms with Crippen molar-refractivity contribution in [3.8, 4) is 0 Å². The molecule has 2 aliphatic rings. The van der Waals surface area contributed by atoms with Gasteiger partial charge in [-0.05, 0) is 13.8 Å². The van der Waals surface area contributed by atoms with Crippen LogP contribution in [0.1, 0.15) is 13.8 Å². The highest BCUT2D eigenvalue weighted by Crippen LogP contribution is 2.28. The summed E-state index contributed by atoms with van der Waals surface area (Å²) in [6, 6.07) is 0. The summed E-state index contributed by atoms with van der Waals surface area (Å²) >= 11 is 0. The van der Waals surface area contributed by atoms with Crippen LogP contribution in [0.25, 0.3) is 0 Å². The zero-order chi connectivity index (χ0) is 21.4. The molecule has 0 radical (unpaired) electrons. The summed E-state index contributed by atoms with van der Waals surface area (Å²) in [6.45, 7) is 4.32. The third-order valence-electron chi connectivity index (χ3n) is 4.39. The molecule has 0 aliphatic carbocycles. The molecule has 0 unspecified atom stereocenters. The highest BCUT2D eigenvalue weighted by Gasteiger charge is 2.50. The Morgan fingerprint density at radius 2 is 1.25 bits per heavy atom. The fourth-order valence-corrected chi connectivity index (χ4v) is 2.77. The Morgan fingerprint density at radius 3 is 1.71 bits per heavy atom. The van der Waals surface area contributed by atoms with Crippen LogP contribution >= 0.6 is 0 Å². The smallest absolute Gasteiger partial charge is 0.187 e. The van der Waals surface area contributed by atoms with Crippen LogP contribution < -0.4 is 0 Å². The molecule has 0 amide bonds. The third-order valence-corrected chi connectivity index (χ3v) is 4.39. The lowest BCUT2D eigenvalue weighted by molar-refractivity contribution is -0.355. The first-order chi connectivity index (χ1) is 13.2. The van der Waals surface area contributed by atoms with Gasteiger partial charge in [0.25, 0.3) is 0 Å². The molecule has 2 heterocycles. The largest absolute Gasteiger partial charge is 0.394 e. The van der Waals surface area contributed by atoms with Gasteiger partial charge in [-0.3, -0.25) is 0 Å². The van der Waals surface area contributed by atoms with Crippen molar-refractivity contribution in [2.24, 2.45) is 0 Å². The van der Waals surface area contributed by atoms with Crippen LogP contribution in [0.15, 0.2) is 0 Å². The van der Waals surface area contributed by atoms with Crippen molar-refractivity contribution < 1.29 is 59.8 Å². The van der Waals surface area contributed by atoms with Crippen LogP contribution in [0.4, 0.5) is 0 Å². The Labute approximate surface area is 162 Å². The summed E-state index contributed by atoms with van der Waals surface area (Å²) in [7, 11) is 0. The van der Waals surface area contributed by atoms with Crippen molar-refractivity contribution in [1.82, 2.24) is 0 Å². The summed E-state index contributed by atoms with van der Waals surface area (Å²) in [5.74, 6) is 0. The van der Waals surface area contributed by atoms with E-state index >= 15 is 0 Å². The molecule has 0 saturated carbocycles. The van der Waals surface area contributed by atoms with Crippen LogP contribution in [-0.4, -0.2) is 129 Å². The first-order valence-electron chi connectivity index (χ1n) is 9.07. The lowest BCUT2D eigenvalue weighted by Crippen LogP contribution is -2.64. The number of ether oxygens (including phenoxy) is 4. The summed E-state index contributed by atoms with van der Waals surface area (Å²) in [6.07, 6.45) is -15.6. The standard InChI is InChI=1S/C12H22O11.C4H10O/c13-1-3-5(15)6(16)9(19)12(22-3)23-10-4(2-14)21-11(20)8(18)7(10)17;1-3-5-4-2/h3-20H,1-2H2;3-4H2,1-2H3/t3-,4-,5-,6+,7-,8-,9-,10-,11-,12-;/m1./s1. The maximum absolute atomic E-state index is 9.94. The van der Waals surface area contributed by atoms with Gasteiger partial charge in [-0.2, -0.15) is 0 Å². The first-order valence-corrected chi connectivity index (χ1v) is 9.07. The normalized spacial score (nSPS) is 43.9. The molecule has 168 valence electrons. The number of rotatable bonds is 6. The summed E-state index contributed by atoms with van der Waals surface area (Å²) < 4.78 is 20.1. The van der Waals surface area contributed by atoms with Gasteiger partial charge < -0.3 is 59.8 Å². The summed E-state index contributed by atoms with van der Waals surface area (Å²) in [5, 5.41) is 76.5. The Balaban J connectivity index is 0.000000696. The van der Waals surface area contributed by atoms with Gasteiger partial charge in [-0.25, -0.2) is 0 Å². The SMILES string of the molecule is CCOCC.OC[C@H]1O[C@H](O[C@H]2[C@H](O)[C@@H](O)[C@H](O)O[C@@H]2CO)[C@H](O)[C@@H](O)[C@@H]1O. The average Bonchev–Trinajstić information content (AvgIpc) is 2.69. The Kier molecular flexibility index (Phi) is 11.2. The Bertz CT molecular complexity index is 420. The van der Waals surface area contributed by atoms with E-state index in [1.54, 1.807) is 0 Å². The molecule has 12 heteroatoms. The minimum absolute atomic E-state index is 0.667. The van der Waals surface area contributed by atoms with Gasteiger partial charge in [0.2, 0.25) is 0 Å². The molecule has 28 heavy (non-hydrogen) atoms. The van der Waals surface area contributed by atoms with Crippen molar-refractivity contribution in [3.05, 3.63) is 0 Å². The highest BCUT2D eigenvalue weighted by molar-refractivity contribution is 4.93. The van der Waals surface area contributed by atoms with Crippen molar-refractivity contribution in [1.29, 1.82) is 0 Å². The maximum atomic E-state index is 9.94. The summed E-state index contributed by atoms with van der Waals surface area (Å²) in [4.78, 5) is 0. The lowest BCUT2D eigenvalue weighted by atomic mass is 9.97. The fraction of sp³-hybridized carbons (Fsp3) is 1.00. The van der Waals surface area contributed by atoms with E-state index < -0.39 is 74.6 Å². The molecule has 0 spiro atoms. The molecule has 2 saturated heterocycles. The molecule has 10 atom stereocenters. The van der Waals surface area contributed by atoms with E-state index in [9.17, 15) is 35.7 Å². The zero-order valence-corrected chi connectivity index (χ0v) is 15.8. The molecule has 12 nitrogen and oxygen atoms in total. The molecule has 0 aromatic heterocycles. The van der Waals surface area contributed by atoms with Crippen LogP contribution in [0.5, 0.6) is 0 Å². The minimum Gasteiger partial charge on any atom is -0.394 e. The molecule has 0 aromatic carbocycles. The van der Waals surface area contributed by atoms with Gasteiger partial charge in [-0.15, -0.1) is 0 Å². The van der Waals surface area contributed by atoms with Gasteiger partial charge in [-0.1, -0.05) is 0 Å². The number of hydrogen-bond donors (Lipinski definition) is 8. The molecule has 2 fully saturated rings. The van der Waals surface area contributed by atoms with Crippen LogP contribution in [0, 0.1) is 0 Å². The van der Waals surface area contributed by atoms with Crippen molar-refractivity contribution in [2.45, 2.75) is 75.3 Å². The van der Waals surface area contributed by atoms with Gasteiger partial charge in [0, 0.05) is 13.2 Å². The van der Waals surface area contributed by atoms with E-state index in [0.717, 1.165) is 13.2 Å². The molecular weight excluding hydrogens is 384 g/mol. The second kappa shape index (κ2) is 12.3. The van der Waals surface area contributed by atoms with Crippen molar-refractivity contribution in [3.63, 3.8) is 0 Å². The quantitative estimate of drug-likeness (QED) is 0.207. The topological polar surface area (TPSA) is 199 Å². The van der Waals surface area contributed by atoms with Crippen LogP contribution in [-0.2, 0) is 18.9 Å². The van der Waals surface area contributed by atoms with Crippen molar-refractivity contribution >= 4 is 0 Å². The molecule has 0 bridgehead atoms. The van der Waals surface area contributed by atoms with E-state index in [-0.39, 0.29) is 0 Å². The fourth-order valence-electron chi connectivity index (χ4n) is 2.77. The third kappa shape index (κ3) is 6.26. The predicted octanol–water partition coefficient (Wildman–Crippen LogP) is -4.35. The van der Waals surface area contributed by atoms with E-state index in [1.807, 2.05) is 13.8 Å². The molecule has 2 rings (SSSR count). The van der Waals surface area contributed by atoms with E-state index in [1.165, 1.54) is 0 Å². The first kappa shape index (κ1) is 25.6. The van der Waals surface area contributed by atoms with Gasteiger partial charge in [0.05, 0.1) is 13.2 Å². The lowest BCUT2D eigenvalue weighted by Gasteiger charge is -2.45. The van der Waals surface area contributed by atoms with Crippen LogP contribution in [0.3, 0.4) is 0 Å². The Morgan fingerprint density at radius 1 is 0.679 bits per heavy atom. The van der Waals surface area contributed by atoms with E-state index in [2.05, 4.69) is 0 Å². The second-order valence-corrected chi connectivity index (χ2v) is 6.31. The van der Waals surface area contributed by atoms with E-state index in [0.29, 0.717) is 0 Å². The molecule has 0 aromatic rings. The predicted molar refractivity (Wildman–Crippen MR) is 90.8 cm³/mol. The molecule has 2 aliphatic heterocycles. The highest BCUT2D eigenvalue weighted by atomic mass is 16.7. The minimum atomic E-state index is -1.74. The van der Waals surface area contributed by atoms with Crippen LogP contribution in [0.2, 0.25) is 0 Å². The summed E-state index contributed by atoms with van der Waals surface area (Å²) in [5.41, 5.74) is 0. The number of aliphatic hydroxyl groups is 8. The second-order valence-electron chi connectivity index (χ2n) is 6.31. The maximum Gasteiger partial charge on any atom is 0.187 e. The van der Waals surface area contributed by atoms with E-state index in [4.69, 9.17) is 24.1 Å². The number of hydrogen-bond acceptors (Lipinski definition) is 12. The number of aliphatic hydroxyl groups excluding tert-OH is 8. The van der Waals surface area contributed by atoms with Crippen molar-refractivity contribution in [2.75, 3.05) is 26.4 Å². The van der Waals surface area contributed by atoms with Gasteiger partial charge in [0.15, 0.2) is 12.6 Å². The van der Waals surface area contributed by atoms with Gasteiger partial charge in [0.1, 0.15) is 48.8 Å². The zero-order valence-electron chi connectivity index (χ0n) is 15.8. The van der Waals surface area contributed by atoms with Gasteiger partial charge >= 0.3 is 0 Å². The Hall–Kier alpha value is -0.480. The molecule has 8 N–H and O–H groups in total. The monoisotopic (exact) mass is 416 g/mol. The average molecular weight is 416 g/mol.